The van der Waals surface area contributed by atoms with Gasteiger partial charge in [0.05, 0.1) is 25.5 Å². The summed E-state index contributed by atoms with van der Waals surface area (Å²) in [6.45, 7) is 1.54. The number of hydroxylamine groups is 2. The molecule has 200 valence electrons. The zero-order valence-electron chi connectivity index (χ0n) is 20.1. The molecule has 1 unspecified atom stereocenters. The van der Waals surface area contributed by atoms with E-state index in [4.69, 9.17) is 9.57 Å². The van der Waals surface area contributed by atoms with Crippen molar-refractivity contribution in [1.82, 2.24) is 19.8 Å². The van der Waals surface area contributed by atoms with Crippen LogP contribution < -0.4 is 10.1 Å². The highest BCUT2D eigenvalue weighted by molar-refractivity contribution is 5.95. The summed E-state index contributed by atoms with van der Waals surface area (Å²) in [6.07, 6.45) is 2.41. The number of rotatable bonds is 9. The highest BCUT2D eigenvalue weighted by atomic mass is 19.4. The number of hydrogen-bond acceptors (Lipinski definition) is 6. The van der Waals surface area contributed by atoms with Crippen LogP contribution in [-0.4, -0.2) is 51.1 Å². The molecule has 5 rings (SSSR count). The molecule has 2 saturated carbocycles. The number of methoxy groups -OCH3 is 1. The Morgan fingerprint density at radius 3 is 2.46 bits per heavy atom. The number of alkyl halides is 3. The van der Waals surface area contributed by atoms with Crippen LogP contribution in [0.4, 0.5) is 27.6 Å². The molecule has 0 aromatic carbocycles. The summed E-state index contributed by atoms with van der Waals surface area (Å²) in [5.41, 5.74) is -0.0985. The van der Waals surface area contributed by atoms with Crippen molar-refractivity contribution in [3.63, 3.8) is 0 Å². The molecule has 2 fully saturated rings. The van der Waals surface area contributed by atoms with E-state index in [0.29, 0.717) is 5.06 Å². The van der Waals surface area contributed by atoms with Gasteiger partial charge in [0, 0.05) is 5.56 Å². The Bertz CT molecular complexity index is 1180. The Hall–Kier alpha value is -3.22. The van der Waals surface area contributed by atoms with Gasteiger partial charge in [-0.1, -0.05) is 0 Å². The molecule has 0 spiro atoms. The average molecular weight is 527 g/mol. The predicted octanol–water partition coefficient (Wildman–Crippen LogP) is 4.61. The zero-order chi connectivity index (χ0) is 26.5. The van der Waals surface area contributed by atoms with Crippen molar-refractivity contribution in [3.05, 3.63) is 48.1 Å². The van der Waals surface area contributed by atoms with Crippen molar-refractivity contribution in [2.45, 2.75) is 56.9 Å². The molecular weight excluding hydrogens is 501 g/mol. The number of amides is 1. The van der Waals surface area contributed by atoms with E-state index in [-0.39, 0.29) is 34.9 Å². The van der Waals surface area contributed by atoms with E-state index < -0.39 is 42.0 Å². The van der Waals surface area contributed by atoms with Crippen LogP contribution in [0, 0.1) is 29.5 Å². The molecule has 3 heterocycles. The van der Waals surface area contributed by atoms with Gasteiger partial charge in [0.2, 0.25) is 17.7 Å². The molecule has 8 nitrogen and oxygen atoms in total. The first kappa shape index (κ1) is 25.4. The Morgan fingerprint density at radius 1 is 1.19 bits per heavy atom. The van der Waals surface area contributed by atoms with Crippen LogP contribution in [0.1, 0.15) is 44.2 Å². The predicted molar refractivity (Wildman–Crippen MR) is 120 cm³/mol. The SMILES string of the molecule is COc1ncc(F)cc1[C@H](C)n1ncc(NC(=O)[C@H](C(C2CC2)C2CC2)N2OC=CC2C(F)(F)F)c1F. The minimum absolute atomic E-state index is 0.0723. The third kappa shape index (κ3) is 5.00. The molecule has 1 aliphatic heterocycles. The number of aromatic nitrogens is 3. The summed E-state index contributed by atoms with van der Waals surface area (Å²) in [5.74, 6) is -2.50. The minimum Gasteiger partial charge on any atom is -0.481 e. The van der Waals surface area contributed by atoms with Gasteiger partial charge in [0.25, 0.3) is 0 Å². The molecule has 3 aliphatic rings. The lowest BCUT2D eigenvalue weighted by Gasteiger charge is -2.36. The Balaban J connectivity index is 1.42. The second kappa shape index (κ2) is 9.58. The number of halogens is 5. The van der Waals surface area contributed by atoms with E-state index in [1.165, 1.54) is 14.0 Å². The average Bonchev–Trinajstić information content (AvgIpc) is 3.78. The van der Waals surface area contributed by atoms with Crippen molar-refractivity contribution in [1.29, 1.82) is 0 Å². The molecule has 3 atom stereocenters. The van der Waals surface area contributed by atoms with Crippen molar-refractivity contribution < 1.29 is 36.3 Å². The molecular formula is C24H26F5N5O3. The van der Waals surface area contributed by atoms with Crippen LogP contribution in [0.25, 0.3) is 0 Å². The Kier molecular flexibility index (Phi) is 6.59. The smallest absolute Gasteiger partial charge is 0.410 e. The molecule has 0 radical (unpaired) electrons. The molecule has 2 aromatic heterocycles. The molecule has 0 bridgehead atoms. The minimum atomic E-state index is -4.66. The van der Waals surface area contributed by atoms with E-state index in [0.717, 1.165) is 61.2 Å². The van der Waals surface area contributed by atoms with Crippen molar-refractivity contribution in [2.75, 3.05) is 12.4 Å². The van der Waals surface area contributed by atoms with Gasteiger partial charge in [0.15, 0.2) is 6.04 Å². The number of nitrogens with zero attached hydrogens (tertiary/aromatic N) is 4. The summed E-state index contributed by atoms with van der Waals surface area (Å²) in [6, 6.07) is -3.11. The molecule has 1 amide bonds. The molecule has 1 N–H and O–H groups in total. The number of pyridine rings is 1. The summed E-state index contributed by atoms with van der Waals surface area (Å²) in [7, 11) is 1.33. The molecule has 0 saturated heterocycles. The van der Waals surface area contributed by atoms with Crippen LogP contribution in [0.3, 0.4) is 0 Å². The largest absolute Gasteiger partial charge is 0.481 e. The van der Waals surface area contributed by atoms with Gasteiger partial charge in [-0.25, -0.2) is 14.1 Å². The standard InChI is InChI=1S/C24H26F5N5O3/c1-12(16-9-15(25)10-30-23(16)36-2)33-21(26)17(11-31-33)32-22(35)20(19(13-3-4-13)14-5-6-14)34-18(7-8-37-34)24(27,28)29/h7-14,18-20H,3-6H2,1-2H3,(H,32,35)/t12-,18?,20-/m0/s1. The second-order valence-electron chi connectivity index (χ2n) is 9.69. The summed E-state index contributed by atoms with van der Waals surface area (Å²) >= 11 is 0. The van der Waals surface area contributed by atoms with Gasteiger partial charge in [-0.3, -0.25) is 4.79 Å². The van der Waals surface area contributed by atoms with Gasteiger partial charge < -0.3 is 14.9 Å². The third-order valence-corrected chi connectivity index (χ3v) is 7.14. The van der Waals surface area contributed by atoms with Crippen molar-refractivity contribution in [3.8, 4) is 5.88 Å². The molecule has 13 heteroatoms. The van der Waals surface area contributed by atoms with Gasteiger partial charge in [-0.2, -0.15) is 22.7 Å². The quantitative estimate of drug-likeness (QED) is 0.480. The lowest BCUT2D eigenvalue weighted by molar-refractivity contribution is -0.244. The van der Waals surface area contributed by atoms with Crippen LogP contribution in [-0.2, 0) is 9.63 Å². The normalized spacial score (nSPS) is 21.7. The lowest BCUT2D eigenvalue weighted by Crippen LogP contribution is -2.55. The third-order valence-electron chi connectivity index (χ3n) is 7.14. The number of carbonyl (C=O) groups is 1. The van der Waals surface area contributed by atoms with Gasteiger partial charge in [0.1, 0.15) is 23.8 Å². The van der Waals surface area contributed by atoms with Gasteiger partial charge >= 0.3 is 6.18 Å². The number of carbonyl (C=O) groups excluding carboxylic acids is 1. The van der Waals surface area contributed by atoms with Gasteiger partial charge in [-0.05, 0) is 62.5 Å². The molecule has 37 heavy (non-hydrogen) atoms. The van der Waals surface area contributed by atoms with Gasteiger partial charge in [-0.15, -0.1) is 5.06 Å². The van der Waals surface area contributed by atoms with Crippen LogP contribution >= 0.6 is 0 Å². The van der Waals surface area contributed by atoms with Crippen molar-refractivity contribution >= 4 is 11.6 Å². The number of nitrogens with one attached hydrogen (secondary N) is 1. The summed E-state index contributed by atoms with van der Waals surface area (Å²) < 4.78 is 76.5. The maximum atomic E-state index is 15.4. The van der Waals surface area contributed by atoms with Crippen LogP contribution in [0.5, 0.6) is 5.88 Å². The number of hydrogen-bond donors (Lipinski definition) is 1. The maximum Gasteiger partial charge on any atom is 0.410 e. The molecule has 2 aromatic rings. The van der Waals surface area contributed by atoms with E-state index in [9.17, 15) is 22.4 Å². The first-order valence-electron chi connectivity index (χ1n) is 12.0. The second-order valence-corrected chi connectivity index (χ2v) is 9.69. The highest BCUT2D eigenvalue weighted by Gasteiger charge is 2.56. The Morgan fingerprint density at radius 2 is 1.86 bits per heavy atom. The summed E-state index contributed by atoms with van der Waals surface area (Å²) in [5, 5.41) is 7.11. The van der Waals surface area contributed by atoms with E-state index in [1.54, 1.807) is 0 Å². The highest BCUT2D eigenvalue weighted by Crippen LogP contribution is 2.53. The van der Waals surface area contributed by atoms with Crippen LogP contribution in [0.2, 0.25) is 0 Å². The van der Waals surface area contributed by atoms with Crippen LogP contribution in [0.15, 0.2) is 30.8 Å². The topological polar surface area (TPSA) is 81.5 Å². The maximum absolute atomic E-state index is 15.4. The zero-order valence-corrected chi connectivity index (χ0v) is 20.1. The summed E-state index contributed by atoms with van der Waals surface area (Å²) in [4.78, 5) is 22.6. The van der Waals surface area contributed by atoms with Crippen molar-refractivity contribution in [2.24, 2.45) is 17.8 Å². The number of ether oxygens (including phenoxy) is 1. The monoisotopic (exact) mass is 527 g/mol. The first-order valence-corrected chi connectivity index (χ1v) is 12.0. The van der Waals surface area contributed by atoms with E-state index in [2.05, 4.69) is 15.4 Å². The molecule has 2 aliphatic carbocycles. The fourth-order valence-corrected chi connectivity index (χ4v) is 5.10. The lowest BCUT2D eigenvalue weighted by atomic mass is 9.87. The fraction of sp³-hybridized carbons (Fsp3) is 0.542. The fourth-order valence-electron chi connectivity index (χ4n) is 5.10. The Labute approximate surface area is 209 Å². The number of anilines is 1. The van der Waals surface area contributed by atoms with E-state index in [1.807, 2.05) is 0 Å². The van der Waals surface area contributed by atoms with E-state index >= 15 is 4.39 Å². The first-order chi connectivity index (χ1) is 17.6.